The number of halogens is 1. The van der Waals surface area contributed by atoms with E-state index in [0.717, 1.165) is 21.9 Å². The van der Waals surface area contributed by atoms with Crippen LogP contribution in [0.25, 0.3) is 10.8 Å². The molecule has 0 saturated heterocycles. The normalized spacial score (nSPS) is 13.1. The van der Waals surface area contributed by atoms with Crippen molar-refractivity contribution in [3.05, 3.63) is 75.8 Å². The molecule has 1 aliphatic carbocycles. The van der Waals surface area contributed by atoms with Gasteiger partial charge in [-0.05, 0) is 40.1 Å². The van der Waals surface area contributed by atoms with E-state index >= 15 is 0 Å². The van der Waals surface area contributed by atoms with Gasteiger partial charge < -0.3 is 5.11 Å². The molecule has 4 rings (SSSR count). The van der Waals surface area contributed by atoms with Crippen molar-refractivity contribution in [2.24, 2.45) is 0 Å². The Labute approximate surface area is 126 Å². The third kappa shape index (κ3) is 1.76. The molecule has 0 unspecified atom stereocenters. The molecule has 0 heterocycles. The van der Waals surface area contributed by atoms with Crippen LogP contribution < -0.4 is 0 Å². The van der Waals surface area contributed by atoms with Gasteiger partial charge in [-0.2, -0.15) is 0 Å². The molecule has 0 amide bonds. The Morgan fingerprint density at radius 1 is 1.05 bits per heavy atom. The molecule has 0 fully saturated rings. The Kier molecular flexibility index (Phi) is 2.57. The fourth-order valence-corrected chi connectivity index (χ4v) is 3.29. The molecule has 0 radical (unpaired) electrons. The highest BCUT2D eigenvalue weighted by Crippen LogP contribution is 2.36. The summed E-state index contributed by atoms with van der Waals surface area (Å²) < 4.78 is 0. The van der Waals surface area contributed by atoms with Gasteiger partial charge in [-0.3, -0.25) is 4.79 Å². The average Bonchev–Trinajstić information content (AvgIpc) is 2.48. The third-order valence-electron chi connectivity index (χ3n) is 4.05. The van der Waals surface area contributed by atoms with E-state index < -0.39 is 0 Å². The molecule has 0 aromatic heterocycles. The first-order valence-corrected chi connectivity index (χ1v) is 7.09. The first-order valence-electron chi connectivity index (χ1n) is 6.72. The zero-order valence-electron chi connectivity index (χ0n) is 11.1. The maximum absolute atomic E-state index is 12.8. The van der Waals surface area contributed by atoms with Crippen molar-refractivity contribution < 1.29 is 9.90 Å². The predicted molar refractivity (Wildman–Crippen MR) is 83.3 cm³/mol. The summed E-state index contributed by atoms with van der Waals surface area (Å²) in [4.78, 5) is 12.8. The van der Waals surface area contributed by atoms with E-state index in [-0.39, 0.29) is 11.5 Å². The molecular formula is C18H11ClO2. The lowest BCUT2D eigenvalue weighted by Gasteiger charge is -2.21. The molecule has 0 saturated carbocycles. The lowest BCUT2D eigenvalue weighted by molar-refractivity contribution is 0.103. The monoisotopic (exact) mass is 294 g/mol. The number of ketones is 1. The molecule has 1 aliphatic rings. The zero-order chi connectivity index (χ0) is 14.6. The van der Waals surface area contributed by atoms with Gasteiger partial charge in [0.15, 0.2) is 5.78 Å². The Morgan fingerprint density at radius 2 is 1.86 bits per heavy atom. The van der Waals surface area contributed by atoms with Crippen molar-refractivity contribution in [1.82, 2.24) is 0 Å². The molecule has 3 aromatic rings. The van der Waals surface area contributed by atoms with Crippen LogP contribution in [0.15, 0.2) is 48.5 Å². The average molecular weight is 295 g/mol. The van der Waals surface area contributed by atoms with Gasteiger partial charge in [0, 0.05) is 22.6 Å². The van der Waals surface area contributed by atoms with Crippen molar-refractivity contribution in [2.45, 2.75) is 6.42 Å². The second-order valence-electron chi connectivity index (χ2n) is 5.28. The highest BCUT2D eigenvalue weighted by atomic mass is 35.5. The van der Waals surface area contributed by atoms with Crippen molar-refractivity contribution in [1.29, 1.82) is 0 Å². The zero-order valence-corrected chi connectivity index (χ0v) is 11.8. The number of phenolic OH excluding ortho intramolecular Hbond substituents is 1. The van der Waals surface area contributed by atoms with Gasteiger partial charge in [0.05, 0.1) is 0 Å². The molecule has 3 aromatic carbocycles. The molecular weight excluding hydrogens is 284 g/mol. The quantitative estimate of drug-likeness (QED) is 0.524. The summed E-state index contributed by atoms with van der Waals surface area (Å²) in [6.07, 6.45) is 0.641. The van der Waals surface area contributed by atoms with Crippen LogP contribution in [0.4, 0.5) is 0 Å². The van der Waals surface area contributed by atoms with Crippen LogP contribution in [0.1, 0.15) is 27.0 Å². The van der Waals surface area contributed by atoms with Gasteiger partial charge in [-0.1, -0.05) is 41.9 Å². The number of rotatable bonds is 0. The number of phenols is 1. The Balaban J connectivity index is 2.06. The lowest BCUT2D eigenvalue weighted by atomic mass is 9.82. The summed E-state index contributed by atoms with van der Waals surface area (Å²) in [5.41, 5.74) is 3.18. The van der Waals surface area contributed by atoms with Crippen LogP contribution in [-0.2, 0) is 6.42 Å². The smallest absolute Gasteiger partial charge is 0.194 e. The molecule has 2 nitrogen and oxygen atoms in total. The highest BCUT2D eigenvalue weighted by Gasteiger charge is 2.26. The fraction of sp³-hybridized carbons (Fsp3) is 0.0556. The van der Waals surface area contributed by atoms with Crippen LogP contribution in [0.5, 0.6) is 5.75 Å². The summed E-state index contributed by atoms with van der Waals surface area (Å²) in [6.45, 7) is 0. The van der Waals surface area contributed by atoms with Crippen LogP contribution in [0.3, 0.4) is 0 Å². The van der Waals surface area contributed by atoms with Crippen LogP contribution in [0.2, 0.25) is 5.02 Å². The second kappa shape index (κ2) is 4.34. The number of aromatic hydroxyl groups is 1. The summed E-state index contributed by atoms with van der Waals surface area (Å²) in [5, 5.41) is 12.1. The number of carbonyl (C=O) groups excluding carboxylic acids is 1. The van der Waals surface area contributed by atoms with Gasteiger partial charge >= 0.3 is 0 Å². The van der Waals surface area contributed by atoms with E-state index in [4.69, 9.17) is 11.6 Å². The number of fused-ring (bicyclic) bond motifs is 4. The van der Waals surface area contributed by atoms with Gasteiger partial charge in [0.1, 0.15) is 5.75 Å². The number of hydrogen-bond acceptors (Lipinski definition) is 2. The van der Waals surface area contributed by atoms with Crippen molar-refractivity contribution >= 4 is 28.2 Å². The van der Waals surface area contributed by atoms with Crippen molar-refractivity contribution in [2.75, 3.05) is 0 Å². The van der Waals surface area contributed by atoms with Crippen LogP contribution in [0, 0.1) is 0 Å². The molecule has 1 N–H and O–H groups in total. The minimum Gasteiger partial charge on any atom is -0.508 e. The summed E-state index contributed by atoms with van der Waals surface area (Å²) in [6, 6.07) is 14.5. The molecule has 0 bridgehead atoms. The minimum absolute atomic E-state index is 0.0232. The number of carbonyl (C=O) groups is 1. The predicted octanol–water partition coefficient (Wildman–Crippen LogP) is 4.33. The van der Waals surface area contributed by atoms with E-state index in [2.05, 4.69) is 0 Å². The Hall–Kier alpha value is -2.32. The van der Waals surface area contributed by atoms with Gasteiger partial charge in [0.2, 0.25) is 0 Å². The number of hydrogen-bond donors (Lipinski definition) is 1. The Bertz CT molecular complexity index is 912. The highest BCUT2D eigenvalue weighted by molar-refractivity contribution is 6.32. The number of benzene rings is 3. The van der Waals surface area contributed by atoms with E-state index in [9.17, 15) is 9.90 Å². The largest absolute Gasteiger partial charge is 0.508 e. The van der Waals surface area contributed by atoms with E-state index in [0.29, 0.717) is 22.6 Å². The molecule has 21 heavy (non-hydrogen) atoms. The Morgan fingerprint density at radius 3 is 2.71 bits per heavy atom. The first-order chi connectivity index (χ1) is 10.1. The fourth-order valence-electron chi connectivity index (χ4n) is 3.04. The van der Waals surface area contributed by atoms with Gasteiger partial charge in [0.25, 0.3) is 0 Å². The molecule has 0 spiro atoms. The van der Waals surface area contributed by atoms with Crippen LogP contribution in [-0.4, -0.2) is 10.9 Å². The van der Waals surface area contributed by atoms with E-state index in [1.54, 1.807) is 18.2 Å². The molecule has 3 heteroatoms. The van der Waals surface area contributed by atoms with E-state index in [1.165, 1.54) is 0 Å². The molecule has 0 atom stereocenters. The standard InChI is InChI=1S/C18H11ClO2/c19-16-3-1-2-13-15(16)8-11-5-4-10-6-7-12(20)9-14(10)17(11)18(13)21/h1-7,9,20H,8H2. The SMILES string of the molecule is O=C1c2cccc(Cl)c2Cc2ccc3ccc(O)cc3c21. The van der Waals surface area contributed by atoms with Crippen molar-refractivity contribution in [3.8, 4) is 5.75 Å². The summed E-state index contributed by atoms with van der Waals surface area (Å²) in [7, 11) is 0. The maximum atomic E-state index is 12.8. The summed E-state index contributed by atoms with van der Waals surface area (Å²) in [5.74, 6) is 0.144. The van der Waals surface area contributed by atoms with E-state index in [1.807, 2.05) is 30.3 Å². The maximum Gasteiger partial charge on any atom is 0.194 e. The minimum atomic E-state index is -0.0232. The lowest BCUT2D eigenvalue weighted by Crippen LogP contribution is -2.15. The van der Waals surface area contributed by atoms with Gasteiger partial charge in [-0.25, -0.2) is 0 Å². The van der Waals surface area contributed by atoms with Gasteiger partial charge in [-0.15, -0.1) is 0 Å². The van der Waals surface area contributed by atoms with Crippen LogP contribution >= 0.6 is 11.6 Å². The molecule has 0 aliphatic heterocycles. The van der Waals surface area contributed by atoms with Crippen molar-refractivity contribution in [3.63, 3.8) is 0 Å². The second-order valence-corrected chi connectivity index (χ2v) is 5.68. The molecule has 102 valence electrons. The topological polar surface area (TPSA) is 37.3 Å². The summed E-state index contributed by atoms with van der Waals surface area (Å²) >= 11 is 6.23. The first kappa shape index (κ1) is 12.4. The third-order valence-corrected chi connectivity index (χ3v) is 4.40.